The van der Waals surface area contributed by atoms with Crippen molar-refractivity contribution >= 4 is 34.4 Å². The number of hydrogen-bond acceptors (Lipinski definition) is 1. The molecular weight excluding hydrogens is 261 g/mol. The summed E-state index contributed by atoms with van der Waals surface area (Å²) in [6, 6.07) is 4.14. The zero-order valence-electron chi connectivity index (χ0n) is 6.68. The molecule has 1 aliphatic rings. The van der Waals surface area contributed by atoms with Crippen molar-refractivity contribution in [3.05, 3.63) is 32.9 Å². The van der Waals surface area contributed by atoms with Gasteiger partial charge >= 0.3 is 0 Å². The van der Waals surface area contributed by atoms with E-state index in [0.29, 0.717) is 0 Å². The van der Waals surface area contributed by atoms with Gasteiger partial charge in [-0.25, -0.2) is 0 Å². The van der Waals surface area contributed by atoms with E-state index in [2.05, 4.69) is 40.8 Å². The van der Waals surface area contributed by atoms with Crippen molar-refractivity contribution in [1.29, 1.82) is 0 Å². The van der Waals surface area contributed by atoms with Gasteiger partial charge in [0.1, 0.15) is 0 Å². The van der Waals surface area contributed by atoms with E-state index in [1.807, 2.05) is 6.07 Å². The van der Waals surface area contributed by atoms with Gasteiger partial charge in [0, 0.05) is 9.26 Å². The Morgan fingerprint density at radius 2 is 2.17 bits per heavy atom. The van der Waals surface area contributed by atoms with E-state index >= 15 is 0 Å². The van der Waals surface area contributed by atoms with Crippen molar-refractivity contribution in [2.24, 2.45) is 0 Å². The number of hydrogen-bond donors (Lipinski definition) is 1. The minimum absolute atomic E-state index is 0.890. The summed E-state index contributed by atoms with van der Waals surface area (Å²) in [5.41, 5.74) is 9.44. The van der Waals surface area contributed by atoms with E-state index in [4.69, 9.17) is 5.73 Å². The second kappa shape index (κ2) is 3.09. The summed E-state index contributed by atoms with van der Waals surface area (Å²) < 4.78 is 1.20. The number of allylic oxidation sites excluding steroid dienone is 1. The lowest BCUT2D eigenvalue weighted by atomic mass is 9.97. The number of nitrogen functional groups attached to an aromatic ring is 1. The molecular formula is C10H10IN. The fourth-order valence-corrected chi connectivity index (χ4v) is 2.19. The van der Waals surface area contributed by atoms with E-state index in [1.165, 1.54) is 14.7 Å². The Morgan fingerprint density at radius 1 is 1.33 bits per heavy atom. The summed E-state index contributed by atoms with van der Waals surface area (Å²) in [4.78, 5) is 0. The molecule has 0 unspecified atom stereocenters. The monoisotopic (exact) mass is 271 g/mol. The number of rotatable bonds is 0. The lowest BCUT2D eigenvalue weighted by Crippen LogP contribution is -1.99. The van der Waals surface area contributed by atoms with Crippen LogP contribution >= 0.6 is 22.6 Å². The molecule has 0 saturated carbocycles. The van der Waals surface area contributed by atoms with Crippen LogP contribution in [-0.4, -0.2) is 0 Å². The molecule has 0 spiro atoms. The topological polar surface area (TPSA) is 26.0 Å². The fourth-order valence-electron chi connectivity index (χ4n) is 1.49. The molecule has 2 heteroatoms. The first-order chi connectivity index (χ1) is 5.79. The maximum Gasteiger partial charge on any atom is 0.0456 e. The van der Waals surface area contributed by atoms with Gasteiger partial charge in [-0.1, -0.05) is 18.2 Å². The molecule has 0 saturated heterocycles. The molecule has 62 valence electrons. The van der Waals surface area contributed by atoms with Crippen molar-refractivity contribution in [2.45, 2.75) is 12.8 Å². The van der Waals surface area contributed by atoms with Crippen LogP contribution in [0.2, 0.25) is 0 Å². The van der Waals surface area contributed by atoms with Crippen LogP contribution in [0.4, 0.5) is 5.69 Å². The third kappa shape index (κ3) is 1.24. The predicted molar refractivity (Wildman–Crippen MR) is 60.9 cm³/mol. The molecule has 0 atom stereocenters. The van der Waals surface area contributed by atoms with Crippen LogP contribution in [0.1, 0.15) is 17.5 Å². The highest BCUT2D eigenvalue weighted by Gasteiger charge is 2.08. The first-order valence-electron chi connectivity index (χ1n) is 4.02. The van der Waals surface area contributed by atoms with Crippen molar-refractivity contribution in [2.75, 3.05) is 5.73 Å². The first-order valence-corrected chi connectivity index (χ1v) is 5.10. The Bertz CT molecular complexity index is 342. The second-order valence-corrected chi connectivity index (χ2v) is 4.06. The van der Waals surface area contributed by atoms with Gasteiger partial charge in [0.2, 0.25) is 0 Å². The molecule has 2 N–H and O–H groups in total. The van der Waals surface area contributed by atoms with E-state index in [-0.39, 0.29) is 0 Å². The van der Waals surface area contributed by atoms with Crippen LogP contribution in [0.25, 0.3) is 6.08 Å². The first kappa shape index (κ1) is 8.10. The van der Waals surface area contributed by atoms with Crippen LogP contribution in [0, 0.1) is 3.57 Å². The Labute approximate surface area is 85.8 Å². The van der Waals surface area contributed by atoms with Gasteiger partial charge in [0.15, 0.2) is 0 Å². The minimum atomic E-state index is 0.890. The summed E-state index contributed by atoms with van der Waals surface area (Å²) >= 11 is 2.31. The molecule has 1 aromatic rings. The lowest BCUT2D eigenvalue weighted by Gasteiger charge is -2.13. The molecule has 0 heterocycles. The van der Waals surface area contributed by atoms with E-state index in [1.54, 1.807) is 0 Å². The van der Waals surface area contributed by atoms with E-state index in [9.17, 15) is 0 Å². The zero-order chi connectivity index (χ0) is 8.55. The van der Waals surface area contributed by atoms with Gasteiger partial charge in [-0.3, -0.25) is 0 Å². The molecule has 0 fully saturated rings. The van der Waals surface area contributed by atoms with Gasteiger partial charge < -0.3 is 5.73 Å². The molecule has 1 aliphatic carbocycles. The van der Waals surface area contributed by atoms with Crippen LogP contribution in [0.15, 0.2) is 18.2 Å². The van der Waals surface area contributed by atoms with Crippen LogP contribution in [0.3, 0.4) is 0 Å². The van der Waals surface area contributed by atoms with Crippen LogP contribution in [0.5, 0.6) is 0 Å². The van der Waals surface area contributed by atoms with Crippen molar-refractivity contribution in [3.63, 3.8) is 0 Å². The Balaban J connectivity index is 2.64. The maximum absolute atomic E-state index is 5.80. The molecule has 2 rings (SSSR count). The molecule has 1 aromatic carbocycles. The Morgan fingerprint density at radius 3 is 3.00 bits per heavy atom. The smallest absolute Gasteiger partial charge is 0.0456 e. The minimum Gasteiger partial charge on any atom is -0.398 e. The second-order valence-electron chi connectivity index (χ2n) is 2.98. The third-order valence-electron chi connectivity index (χ3n) is 2.16. The normalized spacial score (nSPS) is 14.4. The third-order valence-corrected chi connectivity index (χ3v) is 3.37. The highest BCUT2D eigenvalue weighted by Crippen LogP contribution is 2.28. The molecule has 0 aromatic heterocycles. The summed E-state index contributed by atoms with van der Waals surface area (Å²) in [6.45, 7) is 0. The van der Waals surface area contributed by atoms with Gasteiger partial charge in [0.05, 0.1) is 0 Å². The standard InChI is InChI=1S/C10H10IN/c11-10-8-4-2-1-3-7(8)5-6-9(10)12/h2,4-6H,1,3,12H2. The maximum atomic E-state index is 5.80. The van der Waals surface area contributed by atoms with Crippen LogP contribution < -0.4 is 5.73 Å². The van der Waals surface area contributed by atoms with Gasteiger partial charge in [-0.05, 0) is 52.6 Å². The van der Waals surface area contributed by atoms with Gasteiger partial charge in [-0.15, -0.1) is 0 Å². The number of halogens is 1. The van der Waals surface area contributed by atoms with Gasteiger partial charge in [-0.2, -0.15) is 0 Å². The average Bonchev–Trinajstić information content (AvgIpc) is 2.12. The lowest BCUT2D eigenvalue weighted by molar-refractivity contribution is 0.984. The molecule has 0 amide bonds. The molecule has 0 radical (unpaired) electrons. The van der Waals surface area contributed by atoms with Crippen molar-refractivity contribution in [1.82, 2.24) is 0 Å². The highest BCUT2D eigenvalue weighted by atomic mass is 127. The fraction of sp³-hybridized carbons (Fsp3) is 0.200. The number of nitrogens with two attached hydrogens (primary N) is 1. The number of benzene rings is 1. The number of anilines is 1. The van der Waals surface area contributed by atoms with E-state index < -0.39 is 0 Å². The summed E-state index contributed by atoms with van der Waals surface area (Å²) in [5.74, 6) is 0. The number of fused-ring (bicyclic) bond motifs is 1. The molecule has 0 bridgehead atoms. The summed E-state index contributed by atoms with van der Waals surface area (Å²) in [7, 11) is 0. The van der Waals surface area contributed by atoms with Gasteiger partial charge in [0.25, 0.3) is 0 Å². The summed E-state index contributed by atoms with van der Waals surface area (Å²) in [5, 5.41) is 0. The predicted octanol–water partition coefficient (Wildman–Crippen LogP) is 2.83. The largest absolute Gasteiger partial charge is 0.398 e. The average molecular weight is 271 g/mol. The number of aryl methyl sites for hydroxylation is 1. The van der Waals surface area contributed by atoms with Crippen LogP contribution in [-0.2, 0) is 6.42 Å². The quantitative estimate of drug-likeness (QED) is 0.570. The highest BCUT2D eigenvalue weighted by molar-refractivity contribution is 14.1. The zero-order valence-corrected chi connectivity index (χ0v) is 8.84. The molecule has 0 aliphatic heterocycles. The van der Waals surface area contributed by atoms with Crippen molar-refractivity contribution in [3.8, 4) is 0 Å². The summed E-state index contributed by atoms with van der Waals surface area (Å²) in [6.07, 6.45) is 6.70. The molecule has 12 heavy (non-hydrogen) atoms. The molecule has 1 nitrogen and oxygen atoms in total. The SMILES string of the molecule is Nc1ccc2c(c1I)C=CCC2. The van der Waals surface area contributed by atoms with E-state index in [0.717, 1.165) is 18.5 Å². The Kier molecular flexibility index (Phi) is 2.09. The van der Waals surface area contributed by atoms with Crippen molar-refractivity contribution < 1.29 is 0 Å². The Hall–Kier alpha value is -0.510.